The van der Waals surface area contributed by atoms with E-state index in [0.29, 0.717) is 16.4 Å². The topological polar surface area (TPSA) is 63.7 Å². The maximum Gasteiger partial charge on any atom is 0.257 e. The van der Waals surface area contributed by atoms with Gasteiger partial charge in [0, 0.05) is 30.6 Å². The number of methoxy groups -OCH3 is 1. The van der Waals surface area contributed by atoms with Crippen molar-refractivity contribution in [1.29, 1.82) is 0 Å². The van der Waals surface area contributed by atoms with Gasteiger partial charge in [0.25, 0.3) is 5.91 Å². The zero-order valence-electron chi connectivity index (χ0n) is 15.0. The fourth-order valence-electron chi connectivity index (χ4n) is 3.06. The SMILES string of the molecule is COc1ccc(C(=O)Nc2nc(CN3C[C@@H](C)O[C@@H](C)C3)cs2)cc1Br. The number of hydrogen-bond acceptors (Lipinski definition) is 6. The maximum absolute atomic E-state index is 12.4. The van der Waals surface area contributed by atoms with Gasteiger partial charge < -0.3 is 9.47 Å². The van der Waals surface area contributed by atoms with Gasteiger partial charge in [0.1, 0.15) is 5.75 Å². The van der Waals surface area contributed by atoms with Gasteiger partial charge in [-0.1, -0.05) is 0 Å². The van der Waals surface area contributed by atoms with Crippen molar-refractivity contribution in [2.24, 2.45) is 0 Å². The highest BCUT2D eigenvalue weighted by molar-refractivity contribution is 9.10. The Kier molecular flexibility index (Phi) is 6.29. The number of aromatic nitrogens is 1. The van der Waals surface area contributed by atoms with Gasteiger partial charge >= 0.3 is 0 Å². The van der Waals surface area contributed by atoms with Crippen molar-refractivity contribution < 1.29 is 14.3 Å². The van der Waals surface area contributed by atoms with Crippen molar-refractivity contribution in [1.82, 2.24) is 9.88 Å². The molecule has 0 bridgehead atoms. The first-order valence-corrected chi connectivity index (χ1v) is 10.1. The molecular weight excluding hydrogens is 418 g/mol. The van der Waals surface area contributed by atoms with Gasteiger partial charge in [-0.3, -0.25) is 15.0 Å². The Morgan fingerprint density at radius 3 is 2.81 bits per heavy atom. The number of benzene rings is 1. The van der Waals surface area contributed by atoms with E-state index in [1.807, 2.05) is 5.38 Å². The van der Waals surface area contributed by atoms with Crippen LogP contribution in [0.25, 0.3) is 0 Å². The number of carbonyl (C=O) groups excluding carboxylic acids is 1. The van der Waals surface area contributed by atoms with E-state index < -0.39 is 0 Å². The molecule has 1 aromatic heterocycles. The lowest BCUT2D eigenvalue weighted by atomic mass is 10.2. The summed E-state index contributed by atoms with van der Waals surface area (Å²) >= 11 is 4.83. The van der Waals surface area contributed by atoms with Crippen LogP contribution < -0.4 is 10.1 Å². The molecule has 1 aliphatic rings. The van der Waals surface area contributed by atoms with Crippen LogP contribution in [0.3, 0.4) is 0 Å². The molecule has 1 aliphatic heterocycles. The summed E-state index contributed by atoms with van der Waals surface area (Å²) in [4.78, 5) is 19.3. The van der Waals surface area contributed by atoms with Gasteiger partial charge in [-0.2, -0.15) is 0 Å². The molecule has 1 saturated heterocycles. The lowest BCUT2D eigenvalue weighted by Crippen LogP contribution is -2.44. The predicted octanol–water partition coefficient (Wildman–Crippen LogP) is 3.78. The monoisotopic (exact) mass is 439 g/mol. The van der Waals surface area contributed by atoms with Crippen LogP contribution >= 0.6 is 27.3 Å². The summed E-state index contributed by atoms with van der Waals surface area (Å²) in [6, 6.07) is 5.22. The summed E-state index contributed by atoms with van der Waals surface area (Å²) in [7, 11) is 1.59. The molecule has 0 spiro atoms. The molecule has 6 nitrogen and oxygen atoms in total. The molecule has 2 aromatic rings. The van der Waals surface area contributed by atoms with Crippen molar-refractivity contribution in [2.75, 3.05) is 25.5 Å². The molecular formula is C18H22BrN3O3S. The summed E-state index contributed by atoms with van der Waals surface area (Å²) in [6.45, 7) is 6.72. The first-order chi connectivity index (χ1) is 12.4. The number of ether oxygens (including phenoxy) is 2. The summed E-state index contributed by atoms with van der Waals surface area (Å²) in [5, 5.41) is 5.46. The molecule has 0 radical (unpaired) electrons. The van der Waals surface area contributed by atoms with E-state index >= 15 is 0 Å². The van der Waals surface area contributed by atoms with Crippen molar-refractivity contribution >= 4 is 38.3 Å². The Hall–Kier alpha value is -1.48. The molecule has 1 aromatic carbocycles. The number of amides is 1. The number of hydrogen-bond donors (Lipinski definition) is 1. The van der Waals surface area contributed by atoms with Crippen LogP contribution in [-0.2, 0) is 11.3 Å². The minimum absolute atomic E-state index is 0.192. The lowest BCUT2D eigenvalue weighted by molar-refractivity contribution is -0.0707. The Bertz CT molecular complexity index is 773. The summed E-state index contributed by atoms with van der Waals surface area (Å²) in [6.07, 6.45) is 0.454. The second-order valence-electron chi connectivity index (χ2n) is 6.40. The first kappa shape index (κ1) is 19.3. The highest BCUT2D eigenvalue weighted by atomic mass is 79.9. The number of thiazole rings is 1. The van der Waals surface area contributed by atoms with Crippen LogP contribution in [0.15, 0.2) is 28.1 Å². The third-order valence-corrected chi connectivity index (χ3v) is 5.49. The molecule has 0 saturated carbocycles. The average molecular weight is 440 g/mol. The van der Waals surface area contributed by atoms with E-state index in [1.165, 1.54) is 11.3 Å². The molecule has 2 heterocycles. The van der Waals surface area contributed by atoms with Gasteiger partial charge in [-0.15, -0.1) is 11.3 Å². The van der Waals surface area contributed by atoms with Crippen molar-refractivity contribution in [3.63, 3.8) is 0 Å². The van der Waals surface area contributed by atoms with Crippen molar-refractivity contribution in [3.8, 4) is 5.75 Å². The minimum Gasteiger partial charge on any atom is -0.496 e. The predicted molar refractivity (Wildman–Crippen MR) is 106 cm³/mol. The molecule has 1 fully saturated rings. The van der Waals surface area contributed by atoms with Crippen LogP contribution in [0.5, 0.6) is 5.75 Å². The second-order valence-corrected chi connectivity index (χ2v) is 8.11. The van der Waals surface area contributed by atoms with Crippen molar-refractivity contribution in [3.05, 3.63) is 39.3 Å². The molecule has 1 N–H and O–H groups in total. The quantitative estimate of drug-likeness (QED) is 0.767. The van der Waals surface area contributed by atoms with E-state index in [-0.39, 0.29) is 18.1 Å². The normalized spacial score (nSPS) is 20.8. The van der Waals surface area contributed by atoms with E-state index in [0.717, 1.165) is 29.8 Å². The summed E-state index contributed by atoms with van der Waals surface area (Å²) in [5.41, 5.74) is 1.51. The third-order valence-electron chi connectivity index (χ3n) is 4.07. The van der Waals surface area contributed by atoms with Crippen LogP contribution in [0.2, 0.25) is 0 Å². The molecule has 3 rings (SSSR count). The highest BCUT2D eigenvalue weighted by Crippen LogP contribution is 2.26. The van der Waals surface area contributed by atoms with E-state index in [9.17, 15) is 4.79 Å². The van der Waals surface area contributed by atoms with Crippen molar-refractivity contribution in [2.45, 2.75) is 32.6 Å². The summed E-state index contributed by atoms with van der Waals surface area (Å²) in [5.74, 6) is 0.495. The third kappa shape index (κ3) is 4.82. The minimum atomic E-state index is -0.192. The Morgan fingerprint density at radius 2 is 2.15 bits per heavy atom. The molecule has 8 heteroatoms. The Balaban J connectivity index is 1.61. The number of anilines is 1. The number of nitrogens with zero attached hydrogens (tertiary/aromatic N) is 2. The summed E-state index contributed by atoms with van der Waals surface area (Å²) < 4.78 is 11.7. The largest absolute Gasteiger partial charge is 0.496 e. The van der Waals surface area contributed by atoms with Gasteiger partial charge in [-0.25, -0.2) is 4.98 Å². The lowest BCUT2D eigenvalue weighted by Gasteiger charge is -2.34. The molecule has 0 aliphatic carbocycles. The van der Waals surface area contributed by atoms with Crippen LogP contribution in [0.1, 0.15) is 29.9 Å². The van der Waals surface area contributed by atoms with Gasteiger partial charge in [0.2, 0.25) is 0 Å². The van der Waals surface area contributed by atoms with Crippen LogP contribution in [0.4, 0.5) is 5.13 Å². The van der Waals surface area contributed by atoms with Gasteiger partial charge in [-0.05, 0) is 48.0 Å². The maximum atomic E-state index is 12.4. The zero-order chi connectivity index (χ0) is 18.7. The Morgan fingerprint density at radius 1 is 1.42 bits per heavy atom. The van der Waals surface area contributed by atoms with Gasteiger partial charge in [0.15, 0.2) is 5.13 Å². The van der Waals surface area contributed by atoms with E-state index in [4.69, 9.17) is 9.47 Å². The molecule has 2 atom stereocenters. The fraction of sp³-hybridized carbons (Fsp3) is 0.444. The van der Waals surface area contributed by atoms with Crippen LogP contribution in [-0.4, -0.2) is 48.2 Å². The molecule has 0 unspecified atom stereocenters. The fourth-order valence-corrected chi connectivity index (χ4v) is 4.29. The zero-order valence-corrected chi connectivity index (χ0v) is 17.4. The smallest absolute Gasteiger partial charge is 0.257 e. The molecule has 140 valence electrons. The highest BCUT2D eigenvalue weighted by Gasteiger charge is 2.23. The van der Waals surface area contributed by atoms with Crippen LogP contribution in [0, 0.1) is 0 Å². The number of morpholine rings is 1. The average Bonchev–Trinajstić information content (AvgIpc) is 3.00. The molecule has 26 heavy (non-hydrogen) atoms. The Labute approximate surface area is 165 Å². The number of halogens is 1. The van der Waals surface area contributed by atoms with Gasteiger partial charge in [0.05, 0.1) is 29.5 Å². The number of nitrogens with one attached hydrogen (secondary N) is 1. The van der Waals surface area contributed by atoms with E-state index in [2.05, 4.69) is 45.0 Å². The first-order valence-electron chi connectivity index (χ1n) is 8.41. The standard InChI is InChI=1S/C18H22BrN3O3S/c1-11-7-22(8-12(2)25-11)9-14-10-26-18(20-14)21-17(23)13-4-5-16(24-3)15(19)6-13/h4-6,10-12H,7-9H2,1-3H3,(H,20,21,23)/t11-,12+. The second kappa shape index (κ2) is 8.47. The van der Waals surface area contributed by atoms with E-state index in [1.54, 1.807) is 25.3 Å². The number of rotatable bonds is 5. The molecule has 1 amide bonds. The number of carbonyl (C=O) groups is 1.